The molecule has 0 spiro atoms. The van der Waals surface area contributed by atoms with Gasteiger partial charge in [0, 0.05) is 12.3 Å². The molecule has 0 saturated carbocycles. The number of nitrogens with zero attached hydrogens (tertiary/aromatic N) is 2. The molecule has 1 N–H and O–H groups in total. The first kappa shape index (κ1) is 11.2. The summed E-state index contributed by atoms with van der Waals surface area (Å²) in [6.07, 6.45) is 1.79. The molecule has 4 nitrogen and oxygen atoms in total. The summed E-state index contributed by atoms with van der Waals surface area (Å²) in [6, 6.07) is 0. The van der Waals surface area contributed by atoms with E-state index < -0.39 is 0 Å². The third-order valence-electron chi connectivity index (χ3n) is 1.26. The molecule has 1 rings (SSSR count). The summed E-state index contributed by atoms with van der Waals surface area (Å²) in [6.45, 7) is 6.08. The van der Waals surface area contributed by atoms with Crippen molar-refractivity contribution in [1.82, 2.24) is 15.5 Å². The normalized spacial score (nSPS) is 9.79. The fourth-order valence-electron chi connectivity index (χ4n) is 0.726. The lowest BCUT2D eigenvalue weighted by Crippen LogP contribution is -2.22. The van der Waals surface area contributed by atoms with Gasteiger partial charge >= 0.3 is 0 Å². The van der Waals surface area contributed by atoms with Gasteiger partial charge in [0.15, 0.2) is 4.34 Å². The van der Waals surface area contributed by atoms with Gasteiger partial charge in [0.2, 0.25) is 5.01 Å². The van der Waals surface area contributed by atoms with E-state index in [1.807, 2.05) is 6.92 Å². The van der Waals surface area contributed by atoms with Crippen LogP contribution in [0.4, 0.5) is 0 Å². The number of carbonyl (C=O) groups excluding carboxylic acids is 1. The fraction of sp³-hybridized carbons (Fsp3) is 0.375. The van der Waals surface area contributed by atoms with Crippen molar-refractivity contribution in [2.45, 2.75) is 11.3 Å². The summed E-state index contributed by atoms with van der Waals surface area (Å²) in [5.41, 5.74) is 0. The van der Waals surface area contributed by atoms with E-state index in [1.165, 1.54) is 23.1 Å². The van der Waals surface area contributed by atoms with Gasteiger partial charge in [0.1, 0.15) is 0 Å². The van der Waals surface area contributed by atoms with E-state index >= 15 is 0 Å². The number of thioether (sulfide) groups is 1. The molecule has 0 aliphatic carbocycles. The second-order valence-corrected chi connectivity index (χ2v) is 4.58. The van der Waals surface area contributed by atoms with Crippen LogP contribution in [0.3, 0.4) is 0 Å². The van der Waals surface area contributed by atoms with Crippen LogP contribution in [0.25, 0.3) is 0 Å². The molecule has 1 amide bonds. The molecule has 0 radical (unpaired) electrons. The minimum Gasteiger partial charge on any atom is -0.350 e. The molecule has 0 aliphatic rings. The van der Waals surface area contributed by atoms with Crippen LogP contribution in [0.5, 0.6) is 0 Å². The Labute approximate surface area is 90.8 Å². The predicted molar refractivity (Wildman–Crippen MR) is 58.8 cm³/mol. The van der Waals surface area contributed by atoms with Gasteiger partial charge in [0.25, 0.3) is 5.91 Å². The number of rotatable bonds is 5. The topological polar surface area (TPSA) is 54.9 Å². The average Bonchev–Trinajstić information content (AvgIpc) is 2.63. The number of hydrogen-bond acceptors (Lipinski definition) is 5. The van der Waals surface area contributed by atoms with Crippen LogP contribution in [-0.2, 0) is 0 Å². The Morgan fingerprint density at radius 1 is 1.71 bits per heavy atom. The minimum absolute atomic E-state index is 0.157. The molecule has 0 aliphatic heterocycles. The zero-order valence-electron chi connectivity index (χ0n) is 7.82. The third-order valence-corrected chi connectivity index (χ3v) is 3.31. The van der Waals surface area contributed by atoms with E-state index in [0.717, 1.165) is 10.1 Å². The van der Waals surface area contributed by atoms with Crippen molar-refractivity contribution in [3.05, 3.63) is 17.7 Å². The molecule has 76 valence electrons. The fourth-order valence-corrected chi connectivity index (χ4v) is 2.26. The van der Waals surface area contributed by atoms with Gasteiger partial charge in [-0.1, -0.05) is 29.2 Å². The Bertz CT molecular complexity index is 324. The molecule has 0 aromatic carbocycles. The Morgan fingerprint density at radius 3 is 3.14 bits per heavy atom. The van der Waals surface area contributed by atoms with E-state index in [0.29, 0.717) is 11.6 Å². The lowest BCUT2D eigenvalue weighted by molar-refractivity contribution is 0.0954. The highest BCUT2D eigenvalue weighted by atomic mass is 32.2. The lowest BCUT2D eigenvalue weighted by atomic mass is 10.6. The molecule has 1 aromatic rings. The summed E-state index contributed by atoms with van der Waals surface area (Å²) >= 11 is 2.83. The zero-order chi connectivity index (χ0) is 10.4. The van der Waals surface area contributed by atoms with Crippen LogP contribution < -0.4 is 5.32 Å². The first-order chi connectivity index (χ1) is 6.77. The van der Waals surface area contributed by atoms with Crippen molar-refractivity contribution < 1.29 is 4.79 Å². The highest BCUT2D eigenvalue weighted by molar-refractivity contribution is 8.01. The first-order valence-electron chi connectivity index (χ1n) is 4.13. The molecule has 1 aromatic heterocycles. The summed E-state index contributed by atoms with van der Waals surface area (Å²) in [5, 5.41) is 10.8. The van der Waals surface area contributed by atoms with Gasteiger partial charge in [-0.3, -0.25) is 4.79 Å². The van der Waals surface area contributed by atoms with Gasteiger partial charge < -0.3 is 5.32 Å². The molecule has 6 heteroatoms. The SMILES string of the molecule is C=CCSc1nnc(C(=O)NCC)s1. The van der Waals surface area contributed by atoms with E-state index in [9.17, 15) is 4.79 Å². The van der Waals surface area contributed by atoms with Gasteiger partial charge in [-0.2, -0.15) is 0 Å². The van der Waals surface area contributed by atoms with Crippen LogP contribution in [0.1, 0.15) is 16.7 Å². The molecule has 0 unspecified atom stereocenters. The first-order valence-corrected chi connectivity index (χ1v) is 5.93. The molecule has 0 atom stereocenters. The molecular weight excluding hydrogens is 218 g/mol. The maximum absolute atomic E-state index is 11.3. The van der Waals surface area contributed by atoms with Crippen molar-refractivity contribution in [1.29, 1.82) is 0 Å². The minimum atomic E-state index is -0.157. The number of nitrogens with one attached hydrogen (secondary N) is 1. The van der Waals surface area contributed by atoms with Crippen molar-refractivity contribution in [2.75, 3.05) is 12.3 Å². The molecular formula is C8H11N3OS2. The van der Waals surface area contributed by atoms with Crippen molar-refractivity contribution in [3.8, 4) is 0 Å². The van der Waals surface area contributed by atoms with Crippen LogP contribution in [0, 0.1) is 0 Å². The van der Waals surface area contributed by atoms with Gasteiger partial charge in [0.05, 0.1) is 0 Å². The van der Waals surface area contributed by atoms with Crippen molar-refractivity contribution in [2.24, 2.45) is 0 Å². The van der Waals surface area contributed by atoms with Gasteiger partial charge in [-0.05, 0) is 6.92 Å². The highest BCUT2D eigenvalue weighted by Crippen LogP contribution is 2.21. The summed E-state index contributed by atoms with van der Waals surface area (Å²) in [7, 11) is 0. The van der Waals surface area contributed by atoms with E-state index in [2.05, 4.69) is 22.1 Å². The quantitative estimate of drug-likeness (QED) is 0.615. The standard InChI is InChI=1S/C8H11N3OS2/c1-3-5-13-8-11-10-7(14-8)6(12)9-4-2/h3H,1,4-5H2,2H3,(H,9,12). The second-order valence-electron chi connectivity index (χ2n) is 2.33. The number of hydrogen-bond donors (Lipinski definition) is 1. The van der Waals surface area contributed by atoms with Gasteiger partial charge in [-0.15, -0.1) is 16.8 Å². The van der Waals surface area contributed by atoms with Crippen LogP contribution in [0.15, 0.2) is 17.0 Å². The maximum Gasteiger partial charge on any atom is 0.282 e. The molecule has 0 bridgehead atoms. The predicted octanol–water partition coefficient (Wildman–Crippen LogP) is 1.57. The maximum atomic E-state index is 11.3. The number of carbonyl (C=O) groups is 1. The van der Waals surface area contributed by atoms with Crippen LogP contribution in [0.2, 0.25) is 0 Å². The molecule has 0 fully saturated rings. The zero-order valence-corrected chi connectivity index (χ0v) is 9.45. The smallest absolute Gasteiger partial charge is 0.282 e. The van der Waals surface area contributed by atoms with E-state index in [-0.39, 0.29) is 5.91 Å². The lowest BCUT2D eigenvalue weighted by Gasteiger charge is -1.94. The summed E-state index contributed by atoms with van der Waals surface area (Å²) < 4.78 is 0.797. The largest absolute Gasteiger partial charge is 0.350 e. The molecule has 14 heavy (non-hydrogen) atoms. The van der Waals surface area contributed by atoms with Crippen molar-refractivity contribution in [3.63, 3.8) is 0 Å². The molecule has 0 saturated heterocycles. The average molecular weight is 229 g/mol. The van der Waals surface area contributed by atoms with E-state index in [4.69, 9.17) is 0 Å². The van der Waals surface area contributed by atoms with Crippen LogP contribution >= 0.6 is 23.1 Å². The van der Waals surface area contributed by atoms with Gasteiger partial charge in [-0.25, -0.2) is 0 Å². The summed E-state index contributed by atoms with van der Waals surface area (Å²) in [5.74, 6) is 0.625. The Hall–Kier alpha value is -0.880. The number of aromatic nitrogens is 2. The second kappa shape index (κ2) is 5.77. The Balaban J connectivity index is 2.58. The monoisotopic (exact) mass is 229 g/mol. The Kier molecular flexibility index (Phi) is 4.61. The third kappa shape index (κ3) is 3.12. The van der Waals surface area contributed by atoms with Crippen LogP contribution in [-0.4, -0.2) is 28.4 Å². The number of amides is 1. The molecule has 1 heterocycles. The highest BCUT2D eigenvalue weighted by Gasteiger charge is 2.11. The Morgan fingerprint density at radius 2 is 2.50 bits per heavy atom. The summed E-state index contributed by atoms with van der Waals surface area (Å²) in [4.78, 5) is 11.3. The van der Waals surface area contributed by atoms with Crippen molar-refractivity contribution >= 4 is 29.0 Å². The van der Waals surface area contributed by atoms with E-state index in [1.54, 1.807) is 6.08 Å².